The molecule has 2 aromatic rings. The highest BCUT2D eigenvalue weighted by molar-refractivity contribution is 7.14. The molecule has 0 aliphatic heterocycles. The number of thiophene rings is 1. The fourth-order valence-corrected chi connectivity index (χ4v) is 2.49. The first-order valence-corrected chi connectivity index (χ1v) is 5.93. The molecule has 0 bridgehead atoms. The van der Waals surface area contributed by atoms with Crippen LogP contribution in [0.2, 0.25) is 0 Å². The van der Waals surface area contributed by atoms with Crippen LogP contribution in [0.1, 0.15) is 10.4 Å². The average molecular weight is 248 g/mol. The quantitative estimate of drug-likeness (QED) is 0.779. The molecule has 17 heavy (non-hydrogen) atoms. The van der Waals surface area contributed by atoms with Crippen LogP contribution in [0.15, 0.2) is 29.6 Å². The van der Waals surface area contributed by atoms with Crippen molar-refractivity contribution in [1.29, 1.82) is 0 Å². The van der Waals surface area contributed by atoms with E-state index in [9.17, 15) is 4.79 Å². The van der Waals surface area contributed by atoms with Gasteiger partial charge in [-0.2, -0.15) is 0 Å². The van der Waals surface area contributed by atoms with E-state index in [1.54, 1.807) is 14.2 Å². The van der Waals surface area contributed by atoms with E-state index in [0.29, 0.717) is 17.1 Å². The standard InChI is InChI=1S/C13H12O3S/c1-15-11-4-3-9(7-12(11)16-2)13-10(8-14)5-6-17-13/h3-8H,1-2H3. The maximum absolute atomic E-state index is 10.9. The Bertz CT molecular complexity index is 531. The molecular formula is C13H12O3S. The number of hydrogen-bond acceptors (Lipinski definition) is 4. The summed E-state index contributed by atoms with van der Waals surface area (Å²) in [6.07, 6.45) is 0.864. The fourth-order valence-electron chi connectivity index (χ4n) is 1.62. The number of aldehydes is 1. The van der Waals surface area contributed by atoms with Crippen LogP contribution in [0.5, 0.6) is 11.5 Å². The Morgan fingerprint density at radius 2 is 1.88 bits per heavy atom. The van der Waals surface area contributed by atoms with Crippen LogP contribution in [0.4, 0.5) is 0 Å². The molecule has 0 spiro atoms. The van der Waals surface area contributed by atoms with Gasteiger partial charge < -0.3 is 9.47 Å². The van der Waals surface area contributed by atoms with Gasteiger partial charge in [-0.25, -0.2) is 0 Å². The topological polar surface area (TPSA) is 35.5 Å². The molecule has 0 aliphatic rings. The fraction of sp³-hybridized carbons (Fsp3) is 0.154. The molecular weight excluding hydrogens is 236 g/mol. The van der Waals surface area contributed by atoms with Gasteiger partial charge in [-0.1, -0.05) is 0 Å². The zero-order valence-electron chi connectivity index (χ0n) is 9.60. The molecule has 1 aromatic heterocycles. The van der Waals surface area contributed by atoms with Gasteiger partial charge in [0.15, 0.2) is 17.8 Å². The minimum atomic E-state index is 0.662. The van der Waals surface area contributed by atoms with E-state index in [2.05, 4.69) is 0 Å². The summed E-state index contributed by atoms with van der Waals surface area (Å²) in [5, 5.41) is 1.90. The van der Waals surface area contributed by atoms with Crippen LogP contribution in [-0.2, 0) is 0 Å². The van der Waals surface area contributed by atoms with Gasteiger partial charge in [0.1, 0.15) is 0 Å². The molecule has 0 saturated heterocycles. The molecule has 0 saturated carbocycles. The summed E-state index contributed by atoms with van der Waals surface area (Å²) in [6.45, 7) is 0. The van der Waals surface area contributed by atoms with Crippen LogP contribution in [-0.4, -0.2) is 20.5 Å². The Morgan fingerprint density at radius 3 is 2.53 bits per heavy atom. The predicted molar refractivity (Wildman–Crippen MR) is 68.2 cm³/mol. The summed E-state index contributed by atoms with van der Waals surface area (Å²) in [7, 11) is 3.19. The van der Waals surface area contributed by atoms with Gasteiger partial charge in [-0.05, 0) is 35.2 Å². The molecule has 2 rings (SSSR count). The van der Waals surface area contributed by atoms with Crippen LogP contribution in [0, 0.1) is 0 Å². The van der Waals surface area contributed by atoms with E-state index < -0.39 is 0 Å². The molecule has 0 amide bonds. The van der Waals surface area contributed by atoms with Crippen molar-refractivity contribution >= 4 is 17.6 Å². The van der Waals surface area contributed by atoms with Crippen LogP contribution in [0.3, 0.4) is 0 Å². The second-order valence-corrected chi connectivity index (χ2v) is 4.31. The van der Waals surface area contributed by atoms with Gasteiger partial charge in [0, 0.05) is 10.4 Å². The van der Waals surface area contributed by atoms with Crippen LogP contribution < -0.4 is 9.47 Å². The van der Waals surface area contributed by atoms with Crippen molar-refractivity contribution in [3.63, 3.8) is 0 Å². The zero-order chi connectivity index (χ0) is 12.3. The smallest absolute Gasteiger partial charge is 0.161 e. The minimum absolute atomic E-state index is 0.662. The molecule has 1 aromatic carbocycles. The number of ether oxygens (including phenoxy) is 2. The monoisotopic (exact) mass is 248 g/mol. The Hall–Kier alpha value is -1.81. The van der Waals surface area contributed by atoms with Gasteiger partial charge in [-0.3, -0.25) is 4.79 Å². The summed E-state index contributed by atoms with van der Waals surface area (Å²) >= 11 is 1.53. The van der Waals surface area contributed by atoms with Crippen molar-refractivity contribution in [3.8, 4) is 21.9 Å². The first-order chi connectivity index (χ1) is 8.30. The van der Waals surface area contributed by atoms with Crippen molar-refractivity contribution in [2.45, 2.75) is 0 Å². The molecule has 0 N–H and O–H groups in total. The first-order valence-electron chi connectivity index (χ1n) is 5.05. The molecule has 88 valence electrons. The molecule has 0 atom stereocenters. The Balaban J connectivity index is 2.50. The molecule has 3 nitrogen and oxygen atoms in total. The van der Waals surface area contributed by atoms with Gasteiger partial charge in [0.05, 0.1) is 14.2 Å². The number of methoxy groups -OCH3 is 2. The summed E-state index contributed by atoms with van der Waals surface area (Å²) in [5.74, 6) is 1.34. The third-order valence-electron chi connectivity index (χ3n) is 2.47. The molecule has 4 heteroatoms. The third kappa shape index (κ3) is 2.17. The Labute approximate surface area is 104 Å². The van der Waals surface area contributed by atoms with E-state index >= 15 is 0 Å². The van der Waals surface area contributed by atoms with E-state index in [4.69, 9.17) is 9.47 Å². The van der Waals surface area contributed by atoms with Crippen LogP contribution in [0.25, 0.3) is 10.4 Å². The molecule has 0 aliphatic carbocycles. The first kappa shape index (κ1) is 11.7. The zero-order valence-corrected chi connectivity index (χ0v) is 10.4. The SMILES string of the molecule is COc1ccc(-c2sccc2C=O)cc1OC. The van der Waals surface area contributed by atoms with E-state index in [1.807, 2.05) is 29.6 Å². The largest absolute Gasteiger partial charge is 0.493 e. The lowest BCUT2D eigenvalue weighted by Gasteiger charge is -2.09. The van der Waals surface area contributed by atoms with Crippen molar-refractivity contribution in [2.24, 2.45) is 0 Å². The van der Waals surface area contributed by atoms with E-state index in [-0.39, 0.29) is 0 Å². The maximum atomic E-state index is 10.9. The van der Waals surface area contributed by atoms with Crippen molar-refractivity contribution in [2.75, 3.05) is 14.2 Å². The molecule has 0 fully saturated rings. The van der Waals surface area contributed by atoms with E-state index in [0.717, 1.165) is 16.7 Å². The molecule has 0 unspecified atom stereocenters. The van der Waals surface area contributed by atoms with Crippen molar-refractivity contribution in [1.82, 2.24) is 0 Å². The lowest BCUT2D eigenvalue weighted by Crippen LogP contribution is -1.91. The Kier molecular flexibility index (Phi) is 3.44. The second kappa shape index (κ2) is 5.01. The molecule has 1 heterocycles. The van der Waals surface area contributed by atoms with Crippen molar-refractivity contribution in [3.05, 3.63) is 35.2 Å². The summed E-state index contributed by atoms with van der Waals surface area (Å²) in [5.41, 5.74) is 1.65. The summed E-state index contributed by atoms with van der Waals surface area (Å²) in [4.78, 5) is 11.8. The highest BCUT2D eigenvalue weighted by Gasteiger charge is 2.10. The normalized spacial score (nSPS) is 10.0. The maximum Gasteiger partial charge on any atom is 0.161 e. The lowest BCUT2D eigenvalue weighted by molar-refractivity contribution is 0.112. The second-order valence-electron chi connectivity index (χ2n) is 3.39. The highest BCUT2D eigenvalue weighted by atomic mass is 32.1. The Morgan fingerprint density at radius 1 is 1.12 bits per heavy atom. The summed E-state index contributed by atoms with van der Waals surface area (Å²) in [6, 6.07) is 7.43. The predicted octanol–water partition coefficient (Wildman–Crippen LogP) is 3.24. The van der Waals surface area contributed by atoms with Gasteiger partial charge in [0.2, 0.25) is 0 Å². The number of carbonyl (C=O) groups excluding carboxylic acids is 1. The molecule has 0 radical (unpaired) electrons. The summed E-state index contributed by atoms with van der Waals surface area (Å²) < 4.78 is 10.4. The van der Waals surface area contributed by atoms with Crippen LogP contribution >= 0.6 is 11.3 Å². The lowest BCUT2D eigenvalue weighted by atomic mass is 10.1. The average Bonchev–Trinajstić information content (AvgIpc) is 2.86. The third-order valence-corrected chi connectivity index (χ3v) is 3.45. The highest BCUT2D eigenvalue weighted by Crippen LogP contribution is 2.35. The van der Waals surface area contributed by atoms with Gasteiger partial charge in [-0.15, -0.1) is 11.3 Å². The van der Waals surface area contributed by atoms with Gasteiger partial charge in [0.25, 0.3) is 0 Å². The number of rotatable bonds is 4. The van der Waals surface area contributed by atoms with Crippen molar-refractivity contribution < 1.29 is 14.3 Å². The van der Waals surface area contributed by atoms with Gasteiger partial charge >= 0.3 is 0 Å². The number of hydrogen-bond donors (Lipinski definition) is 0. The number of benzene rings is 1. The number of carbonyl (C=O) groups is 1. The van der Waals surface area contributed by atoms with E-state index in [1.165, 1.54) is 11.3 Å². The minimum Gasteiger partial charge on any atom is -0.493 e.